The SMILES string of the molecule is C=CC(N)=C(C(C)=NC)C(c1ccc(C)cc1)N(C)c1cc(C)c(=O)n(C)c1. The van der Waals surface area contributed by atoms with E-state index in [9.17, 15) is 4.79 Å². The molecule has 0 aliphatic heterocycles. The highest BCUT2D eigenvalue weighted by Gasteiger charge is 2.26. The van der Waals surface area contributed by atoms with Crippen LogP contribution < -0.4 is 16.2 Å². The summed E-state index contributed by atoms with van der Waals surface area (Å²) < 4.78 is 1.61. The van der Waals surface area contributed by atoms with E-state index in [1.165, 1.54) is 5.56 Å². The van der Waals surface area contributed by atoms with Crippen LogP contribution in [-0.2, 0) is 7.05 Å². The van der Waals surface area contributed by atoms with Crippen LogP contribution in [0.4, 0.5) is 5.69 Å². The van der Waals surface area contributed by atoms with E-state index >= 15 is 0 Å². The van der Waals surface area contributed by atoms with Gasteiger partial charge in [-0.15, -0.1) is 0 Å². The number of benzene rings is 1. The van der Waals surface area contributed by atoms with Crippen LogP contribution >= 0.6 is 0 Å². The number of aromatic nitrogens is 1. The molecule has 0 aliphatic rings. The molecule has 0 bridgehead atoms. The Kier molecular flexibility index (Phi) is 6.62. The summed E-state index contributed by atoms with van der Waals surface area (Å²) in [5.41, 5.74) is 12.6. The zero-order valence-electron chi connectivity index (χ0n) is 17.7. The fourth-order valence-electron chi connectivity index (χ4n) is 3.33. The summed E-state index contributed by atoms with van der Waals surface area (Å²) in [7, 11) is 5.53. The molecule has 1 atom stereocenters. The van der Waals surface area contributed by atoms with Crippen molar-refractivity contribution >= 4 is 11.4 Å². The van der Waals surface area contributed by atoms with Gasteiger partial charge in [-0.1, -0.05) is 36.4 Å². The molecule has 0 radical (unpaired) electrons. The number of aliphatic imine (C=N–C) groups is 1. The molecular weight excluding hydrogens is 348 g/mol. The number of hydrogen-bond acceptors (Lipinski definition) is 4. The lowest BCUT2D eigenvalue weighted by molar-refractivity contribution is 0.762. The summed E-state index contributed by atoms with van der Waals surface area (Å²) in [6.45, 7) is 9.70. The molecule has 0 spiro atoms. The monoisotopic (exact) mass is 378 g/mol. The molecule has 0 amide bonds. The van der Waals surface area contributed by atoms with Crippen molar-refractivity contribution in [3.8, 4) is 0 Å². The van der Waals surface area contributed by atoms with Gasteiger partial charge in [-0.25, -0.2) is 0 Å². The highest BCUT2D eigenvalue weighted by Crippen LogP contribution is 2.34. The van der Waals surface area contributed by atoms with Gasteiger partial charge in [0, 0.05) is 49.9 Å². The molecular formula is C23H30N4O. The number of aryl methyl sites for hydroxylation is 3. The second kappa shape index (κ2) is 8.74. The first-order valence-electron chi connectivity index (χ1n) is 9.23. The number of allylic oxidation sites excluding steroid dienone is 1. The van der Waals surface area contributed by atoms with Crippen molar-refractivity contribution in [3.05, 3.63) is 87.5 Å². The molecule has 1 heterocycles. The maximum Gasteiger partial charge on any atom is 0.253 e. The Labute approximate surface area is 167 Å². The van der Waals surface area contributed by atoms with E-state index in [2.05, 4.69) is 47.7 Å². The Morgan fingerprint density at radius 1 is 1.29 bits per heavy atom. The minimum absolute atomic E-state index is 0.00305. The Morgan fingerprint density at radius 2 is 1.89 bits per heavy atom. The van der Waals surface area contributed by atoms with Crippen molar-refractivity contribution < 1.29 is 0 Å². The van der Waals surface area contributed by atoms with Crippen LogP contribution in [0.1, 0.15) is 29.7 Å². The molecule has 1 aromatic carbocycles. The summed E-state index contributed by atoms with van der Waals surface area (Å²) in [5.74, 6) is 0. The largest absolute Gasteiger partial charge is 0.398 e. The van der Waals surface area contributed by atoms with E-state index in [-0.39, 0.29) is 11.6 Å². The lowest BCUT2D eigenvalue weighted by Gasteiger charge is -2.33. The van der Waals surface area contributed by atoms with Gasteiger partial charge in [-0.2, -0.15) is 0 Å². The zero-order valence-corrected chi connectivity index (χ0v) is 17.7. The lowest BCUT2D eigenvalue weighted by Crippen LogP contribution is -2.31. The second-order valence-corrected chi connectivity index (χ2v) is 7.10. The van der Waals surface area contributed by atoms with Gasteiger partial charge in [-0.3, -0.25) is 9.79 Å². The van der Waals surface area contributed by atoms with Gasteiger partial charge >= 0.3 is 0 Å². The highest BCUT2D eigenvalue weighted by atomic mass is 16.1. The van der Waals surface area contributed by atoms with E-state index in [0.717, 1.165) is 22.5 Å². The van der Waals surface area contributed by atoms with Crippen LogP contribution in [0.5, 0.6) is 0 Å². The minimum atomic E-state index is -0.181. The topological polar surface area (TPSA) is 63.6 Å². The Hall–Kier alpha value is -3.08. The van der Waals surface area contributed by atoms with Crippen LogP contribution in [0.3, 0.4) is 0 Å². The summed E-state index contributed by atoms with van der Waals surface area (Å²) in [5, 5.41) is 0. The Balaban J connectivity index is 2.76. The zero-order chi connectivity index (χ0) is 21.0. The fourth-order valence-corrected chi connectivity index (χ4v) is 3.33. The quantitative estimate of drug-likeness (QED) is 0.616. The molecule has 0 fully saturated rings. The number of nitrogens with zero attached hydrogens (tertiary/aromatic N) is 3. The fraction of sp³-hybridized carbons (Fsp3) is 0.304. The lowest BCUT2D eigenvalue weighted by atomic mass is 9.91. The van der Waals surface area contributed by atoms with Gasteiger partial charge in [0.15, 0.2) is 0 Å². The third-order valence-electron chi connectivity index (χ3n) is 5.07. The highest BCUT2D eigenvalue weighted by molar-refractivity contribution is 6.01. The van der Waals surface area contributed by atoms with Crippen LogP contribution in [0.2, 0.25) is 0 Å². The van der Waals surface area contributed by atoms with E-state index in [1.807, 2.05) is 33.2 Å². The average Bonchev–Trinajstić information content (AvgIpc) is 2.69. The maximum absolute atomic E-state index is 12.1. The molecule has 1 aromatic heterocycles. The first-order chi connectivity index (χ1) is 13.2. The van der Waals surface area contributed by atoms with E-state index in [4.69, 9.17) is 5.73 Å². The number of hydrogen-bond donors (Lipinski definition) is 1. The van der Waals surface area contributed by atoms with E-state index in [1.54, 1.807) is 24.7 Å². The predicted octanol–water partition coefficient (Wildman–Crippen LogP) is 3.67. The first kappa shape index (κ1) is 21.2. The molecule has 2 rings (SSSR count). The molecule has 148 valence electrons. The van der Waals surface area contributed by atoms with Crippen LogP contribution in [0.25, 0.3) is 0 Å². The van der Waals surface area contributed by atoms with Crippen LogP contribution in [-0.4, -0.2) is 24.4 Å². The molecule has 0 saturated heterocycles. The van der Waals surface area contributed by atoms with Gasteiger partial charge in [0.1, 0.15) is 0 Å². The molecule has 0 saturated carbocycles. The number of likely N-dealkylation sites (N-methyl/N-ethyl adjacent to an activating group) is 1. The number of nitrogens with two attached hydrogens (primary N) is 1. The van der Waals surface area contributed by atoms with Crippen LogP contribution in [0.15, 0.2) is 70.2 Å². The van der Waals surface area contributed by atoms with Crippen molar-refractivity contribution in [1.29, 1.82) is 0 Å². The van der Waals surface area contributed by atoms with Crippen molar-refractivity contribution in [2.24, 2.45) is 17.8 Å². The number of anilines is 1. The van der Waals surface area contributed by atoms with Crippen molar-refractivity contribution in [1.82, 2.24) is 4.57 Å². The predicted molar refractivity (Wildman–Crippen MR) is 119 cm³/mol. The normalized spacial score (nSPS) is 13.7. The summed E-state index contributed by atoms with van der Waals surface area (Å²) in [6, 6.07) is 10.1. The van der Waals surface area contributed by atoms with Crippen molar-refractivity contribution in [3.63, 3.8) is 0 Å². The molecule has 5 nitrogen and oxygen atoms in total. The van der Waals surface area contributed by atoms with Crippen molar-refractivity contribution in [2.75, 3.05) is 19.0 Å². The van der Waals surface area contributed by atoms with E-state index < -0.39 is 0 Å². The summed E-state index contributed by atoms with van der Waals surface area (Å²) >= 11 is 0. The molecule has 28 heavy (non-hydrogen) atoms. The first-order valence-corrected chi connectivity index (χ1v) is 9.23. The molecule has 1 unspecified atom stereocenters. The Morgan fingerprint density at radius 3 is 2.39 bits per heavy atom. The Bertz CT molecular complexity index is 954. The molecule has 2 aromatic rings. The second-order valence-electron chi connectivity index (χ2n) is 7.10. The van der Waals surface area contributed by atoms with Gasteiger partial charge in [0.2, 0.25) is 0 Å². The molecule has 2 N–H and O–H groups in total. The van der Waals surface area contributed by atoms with Gasteiger partial charge < -0.3 is 15.2 Å². The van der Waals surface area contributed by atoms with Crippen molar-refractivity contribution in [2.45, 2.75) is 26.8 Å². The molecule has 5 heteroatoms. The third-order valence-corrected chi connectivity index (χ3v) is 5.07. The maximum atomic E-state index is 12.1. The average molecular weight is 379 g/mol. The standard InChI is InChI=1S/C23H30N4O/c1-8-20(24)21(17(4)25-5)22(18-11-9-15(2)10-12-18)27(7)19-13-16(3)23(28)26(6)14-19/h8-14,22H,1,24H2,2-7H3. The number of rotatable bonds is 6. The summed E-state index contributed by atoms with van der Waals surface area (Å²) in [4.78, 5) is 18.7. The number of pyridine rings is 1. The van der Waals surface area contributed by atoms with Gasteiger partial charge in [0.25, 0.3) is 5.56 Å². The summed E-state index contributed by atoms with van der Waals surface area (Å²) in [6.07, 6.45) is 3.50. The van der Waals surface area contributed by atoms with Gasteiger partial charge in [-0.05, 0) is 38.5 Å². The third kappa shape index (κ3) is 4.25. The minimum Gasteiger partial charge on any atom is -0.398 e. The smallest absolute Gasteiger partial charge is 0.253 e. The van der Waals surface area contributed by atoms with E-state index in [0.29, 0.717) is 11.3 Å². The van der Waals surface area contributed by atoms with Crippen LogP contribution in [0, 0.1) is 13.8 Å². The molecule has 0 aliphatic carbocycles. The van der Waals surface area contributed by atoms with Gasteiger partial charge in [0.05, 0.1) is 11.7 Å².